The largest absolute Gasteiger partial charge is 0.457 e. The fourth-order valence-electron chi connectivity index (χ4n) is 3.01. The molecule has 1 aliphatic carbocycles. The molecule has 1 aromatic heterocycles. The highest BCUT2D eigenvalue weighted by Crippen LogP contribution is 2.27. The Kier molecular flexibility index (Phi) is 4.90. The quantitative estimate of drug-likeness (QED) is 0.562. The fourth-order valence-corrected chi connectivity index (χ4v) is 3.27. The molecule has 0 radical (unpaired) electrons. The third kappa shape index (κ3) is 3.31. The van der Waals surface area contributed by atoms with Crippen LogP contribution in [0.15, 0.2) is 34.8 Å². The first kappa shape index (κ1) is 17.0. The van der Waals surface area contributed by atoms with E-state index >= 15 is 0 Å². The molecule has 0 unspecified atom stereocenters. The van der Waals surface area contributed by atoms with Crippen molar-refractivity contribution >= 4 is 27.7 Å². The number of hydrogen-bond donors (Lipinski definition) is 0. The first-order valence-corrected chi connectivity index (χ1v) is 8.91. The van der Waals surface area contributed by atoms with Crippen LogP contribution < -0.4 is 0 Å². The van der Waals surface area contributed by atoms with Crippen molar-refractivity contribution in [2.24, 2.45) is 5.92 Å². The van der Waals surface area contributed by atoms with E-state index in [1.165, 1.54) is 0 Å². The minimum atomic E-state index is -0.240. The van der Waals surface area contributed by atoms with Crippen LogP contribution in [0.2, 0.25) is 0 Å². The second-order valence-corrected chi connectivity index (χ2v) is 7.17. The fraction of sp³-hybridized carbons (Fsp3) is 0.368. The molecule has 126 valence electrons. The number of rotatable bonds is 5. The molecule has 1 aromatic carbocycles. The first-order valence-electron chi connectivity index (χ1n) is 8.12. The molecule has 0 amide bonds. The average molecular weight is 390 g/mol. The van der Waals surface area contributed by atoms with Gasteiger partial charge in [0.05, 0.1) is 5.92 Å². The SMILES string of the molecule is Cc1cc(C(=O)COC(=O)C2CCC2)c(C)n1-c1ccc(Br)cc1. The van der Waals surface area contributed by atoms with Crippen LogP contribution in [0.25, 0.3) is 5.69 Å². The first-order chi connectivity index (χ1) is 11.5. The number of hydrogen-bond acceptors (Lipinski definition) is 3. The lowest BCUT2D eigenvalue weighted by Crippen LogP contribution is -2.26. The summed E-state index contributed by atoms with van der Waals surface area (Å²) in [4.78, 5) is 24.2. The lowest BCUT2D eigenvalue weighted by molar-refractivity contribution is -0.150. The van der Waals surface area contributed by atoms with E-state index in [2.05, 4.69) is 15.9 Å². The van der Waals surface area contributed by atoms with Crippen LogP contribution in [-0.2, 0) is 9.53 Å². The highest BCUT2D eigenvalue weighted by atomic mass is 79.9. The molecule has 1 saturated carbocycles. The molecule has 0 saturated heterocycles. The monoisotopic (exact) mass is 389 g/mol. The molecule has 1 aliphatic rings. The van der Waals surface area contributed by atoms with Crippen molar-refractivity contribution in [1.82, 2.24) is 4.57 Å². The van der Waals surface area contributed by atoms with Gasteiger partial charge in [-0.05, 0) is 57.0 Å². The van der Waals surface area contributed by atoms with Gasteiger partial charge in [0, 0.05) is 27.1 Å². The summed E-state index contributed by atoms with van der Waals surface area (Å²) in [5, 5.41) is 0. The van der Waals surface area contributed by atoms with Gasteiger partial charge in [-0.15, -0.1) is 0 Å². The molecular formula is C19H20BrNO3. The molecular weight excluding hydrogens is 370 g/mol. The molecule has 2 aromatic rings. The molecule has 5 heteroatoms. The summed E-state index contributed by atoms with van der Waals surface area (Å²) in [5.74, 6) is -0.400. The van der Waals surface area contributed by atoms with E-state index in [0.29, 0.717) is 5.56 Å². The number of benzene rings is 1. The Morgan fingerprint density at radius 1 is 1.21 bits per heavy atom. The highest BCUT2D eigenvalue weighted by Gasteiger charge is 2.27. The van der Waals surface area contributed by atoms with Crippen LogP contribution in [0.5, 0.6) is 0 Å². The van der Waals surface area contributed by atoms with Gasteiger partial charge in [0.25, 0.3) is 0 Å². The normalized spacial score (nSPS) is 14.3. The molecule has 1 heterocycles. The van der Waals surface area contributed by atoms with Crippen molar-refractivity contribution in [3.05, 3.63) is 51.8 Å². The number of aromatic nitrogens is 1. The maximum absolute atomic E-state index is 12.5. The number of carbonyl (C=O) groups is 2. The number of aryl methyl sites for hydroxylation is 1. The van der Waals surface area contributed by atoms with Crippen LogP contribution in [0.3, 0.4) is 0 Å². The molecule has 0 aliphatic heterocycles. The summed E-state index contributed by atoms with van der Waals surface area (Å²) in [6, 6.07) is 9.78. The van der Waals surface area contributed by atoms with Gasteiger partial charge in [-0.25, -0.2) is 0 Å². The topological polar surface area (TPSA) is 48.3 Å². The molecule has 3 rings (SSSR count). The van der Waals surface area contributed by atoms with E-state index in [0.717, 1.165) is 40.8 Å². The molecule has 1 fully saturated rings. The second-order valence-electron chi connectivity index (χ2n) is 6.26. The number of carbonyl (C=O) groups excluding carboxylic acids is 2. The number of ether oxygens (including phenoxy) is 1. The van der Waals surface area contributed by atoms with Gasteiger partial charge >= 0.3 is 5.97 Å². The minimum Gasteiger partial charge on any atom is -0.457 e. The van der Waals surface area contributed by atoms with Gasteiger partial charge < -0.3 is 9.30 Å². The third-order valence-corrected chi connectivity index (χ3v) is 5.13. The lowest BCUT2D eigenvalue weighted by atomic mass is 9.86. The van der Waals surface area contributed by atoms with Crippen LogP contribution in [0.4, 0.5) is 0 Å². The standard InChI is InChI=1S/C19H20BrNO3/c1-12-10-17(18(22)11-24-19(23)14-4-3-5-14)13(2)21(12)16-8-6-15(20)7-9-16/h6-10,14H,3-5,11H2,1-2H3. The number of nitrogens with zero attached hydrogens (tertiary/aromatic N) is 1. The summed E-state index contributed by atoms with van der Waals surface area (Å²) in [6.45, 7) is 3.70. The lowest BCUT2D eigenvalue weighted by Gasteiger charge is -2.22. The molecule has 0 spiro atoms. The van der Waals surface area contributed by atoms with Gasteiger partial charge in [-0.3, -0.25) is 9.59 Å². The molecule has 0 bridgehead atoms. The van der Waals surface area contributed by atoms with Gasteiger partial charge in [0.1, 0.15) is 0 Å². The van der Waals surface area contributed by atoms with Crippen molar-refractivity contribution in [2.45, 2.75) is 33.1 Å². The van der Waals surface area contributed by atoms with E-state index in [9.17, 15) is 9.59 Å². The summed E-state index contributed by atoms with van der Waals surface area (Å²) >= 11 is 3.43. The van der Waals surface area contributed by atoms with Crippen molar-refractivity contribution in [3.8, 4) is 5.69 Å². The smallest absolute Gasteiger partial charge is 0.309 e. The van der Waals surface area contributed by atoms with Crippen molar-refractivity contribution in [1.29, 1.82) is 0 Å². The number of Topliss-reactive ketones (excluding diaryl/α,β-unsaturated/α-hetero) is 1. The minimum absolute atomic E-state index is 0.00648. The second kappa shape index (κ2) is 6.93. The summed E-state index contributed by atoms with van der Waals surface area (Å²) in [5.41, 5.74) is 3.44. The van der Waals surface area contributed by atoms with E-state index in [-0.39, 0.29) is 24.3 Å². The Hall–Kier alpha value is -1.88. The zero-order chi connectivity index (χ0) is 17.3. The zero-order valence-electron chi connectivity index (χ0n) is 13.8. The maximum atomic E-state index is 12.5. The van der Waals surface area contributed by atoms with Crippen LogP contribution >= 0.6 is 15.9 Å². The predicted octanol–water partition coefficient (Wildman–Crippen LogP) is 4.38. The van der Waals surface area contributed by atoms with Crippen molar-refractivity contribution < 1.29 is 14.3 Å². The summed E-state index contributed by atoms with van der Waals surface area (Å²) in [7, 11) is 0. The Bertz CT molecular complexity index is 773. The van der Waals surface area contributed by atoms with Gasteiger partial charge in [-0.1, -0.05) is 22.4 Å². The van der Waals surface area contributed by atoms with Crippen LogP contribution in [0.1, 0.15) is 41.0 Å². The highest BCUT2D eigenvalue weighted by molar-refractivity contribution is 9.10. The Morgan fingerprint density at radius 2 is 1.88 bits per heavy atom. The number of halogens is 1. The van der Waals surface area contributed by atoms with Gasteiger partial charge in [0.15, 0.2) is 6.61 Å². The summed E-state index contributed by atoms with van der Waals surface area (Å²) in [6.07, 6.45) is 2.83. The van der Waals surface area contributed by atoms with Crippen LogP contribution in [0, 0.1) is 19.8 Å². The Labute approximate surface area is 149 Å². The van der Waals surface area contributed by atoms with Crippen LogP contribution in [-0.4, -0.2) is 22.9 Å². The molecule has 24 heavy (non-hydrogen) atoms. The number of esters is 1. The van der Waals surface area contributed by atoms with E-state index in [4.69, 9.17) is 4.74 Å². The molecule has 4 nitrogen and oxygen atoms in total. The average Bonchev–Trinajstić information content (AvgIpc) is 2.79. The van der Waals surface area contributed by atoms with Gasteiger partial charge in [-0.2, -0.15) is 0 Å². The predicted molar refractivity (Wildman–Crippen MR) is 95.6 cm³/mol. The van der Waals surface area contributed by atoms with E-state index in [1.807, 2.05) is 48.7 Å². The van der Waals surface area contributed by atoms with Gasteiger partial charge in [0.2, 0.25) is 5.78 Å². The van der Waals surface area contributed by atoms with E-state index in [1.54, 1.807) is 0 Å². The zero-order valence-corrected chi connectivity index (χ0v) is 15.4. The Balaban J connectivity index is 1.76. The molecule has 0 atom stereocenters. The number of ketones is 1. The van der Waals surface area contributed by atoms with Crippen molar-refractivity contribution in [2.75, 3.05) is 6.61 Å². The Morgan fingerprint density at radius 3 is 2.46 bits per heavy atom. The van der Waals surface area contributed by atoms with E-state index < -0.39 is 0 Å². The van der Waals surface area contributed by atoms with Crippen molar-refractivity contribution in [3.63, 3.8) is 0 Å². The maximum Gasteiger partial charge on any atom is 0.309 e. The molecule has 0 N–H and O–H groups in total. The summed E-state index contributed by atoms with van der Waals surface area (Å²) < 4.78 is 8.23. The third-order valence-electron chi connectivity index (χ3n) is 4.60.